The molecule has 2 atom stereocenters. The molecule has 1 aliphatic heterocycles. The summed E-state index contributed by atoms with van der Waals surface area (Å²) in [4.78, 5) is 12.8. The van der Waals surface area contributed by atoms with Gasteiger partial charge in [-0.1, -0.05) is 12.8 Å². The molecule has 1 aromatic carbocycles. The van der Waals surface area contributed by atoms with Crippen molar-refractivity contribution in [3.63, 3.8) is 0 Å². The fourth-order valence-corrected chi connectivity index (χ4v) is 5.59. The van der Waals surface area contributed by atoms with Crippen molar-refractivity contribution in [3.05, 3.63) is 29.8 Å². The molecule has 9 heteroatoms. The highest BCUT2D eigenvalue weighted by molar-refractivity contribution is 7.89. The zero-order valence-electron chi connectivity index (χ0n) is 16.4. The Kier molecular flexibility index (Phi) is 7.50. The highest BCUT2D eigenvalue weighted by Gasteiger charge is 2.35. The molecule has 158 valence electrons. The molecule has 1 amide bonds. The van der Waals surface area contributed by atoms with Gasteiger partial charge in [0, 0.05) is 25.2 Å². The lowest BCUT2D eigenvalue weighted by molar-refractivity contribution is -0.0440. The van der Waals surface area contributed by atoms with Crippen LogP contribution in [0.3, 0.4) is 0 Å². The van der Waals surface area contributed by atoms with E-state index in [0.29, 0.717) is 25.2 Å². The second kappa shape index (κ2) is 9.09. The molecule has 0 spiro atoms. The third-order valence-corrected chi connectivity index (χ3v) is 7.32. The van der Waals surface area contributed by atoms with E-state index in [0.717, 1.165) is 25.7 Å². The number of sulfonamides is 1. The molecule has 0 aromatic heterocycles. The molecule has 1 heterocycles. The Hall–Kier alpha value is -1.19. The molecule has 1 saturated heterocycles. The predicted molar refractivity (Wildman–Crippen MR) is 110 cm³/mol. The molecule has 1 aliphatic carbocycles. The maximum Gasteiger partial charge on any atom is 0.251 e. The van der Waals surface area contributed by atoms with Crippen molar-refractivity contribution in [2.75, 3.05) is 19.6 Å². The van der Waals surface area contributed by atoms with Gasteiger partial charge in [0.1, 0.15) is 0 Å². The van der Waals surface area contributed by atoms with Gasteiger partial charge in [0.15, 0.2) is 0 Å². The average Bonchev–Trinajstić information content (AvgIpc) is 3.10. The van der Waals surface area contributed by atoms with Crippen LogP contribution >= 0.6 is 12.4 Å². The highest BCUT2D eigenvalue weighted by Crippen LogP contribution is 2.29. The summed E-state index contributed by atoms with van der Waals surface area (Å²) in [7, 11) is -3.61. The van der Waals surface area contributed by atoms with Crippen LogP contribution in [0, 0.1) is 0 Å². The molecular weight excluding hydrogens is 402 g/mol. The molecular formula is C19H30ClN3O4S. The van der Waals surface area contributed by atoms with Gasteiger partial charge in [0.2, 0.25) is 10.0 Å². The summed E-state index contributed by atoms with van der Waals surface area (Å²) in [6, 6.07) is 6.13. The molecule has 3 rings (SSSR count). The second-order valence-electron chi connectivity index (χ2n) is 7.75. The van der Waals surface area contributed by atoms with Gasteiger partial charge in [-0.15, -0.1) is 12.4 Å². The number of hydrogen-bond acceptors (Lipinski definition) is 5. The Balaban J connectivity index is 0.00000280. The Labute approximate surface area is 173 Å². The van der Waals surface area contributed by atoms with Crippen molar-refractivity contribution in [2.24, 2.45) is 5.73 Å². The smallest absolute Gasteiger partial charge is 0.251 e. The first-order valence-corrected chi connectivity index (χ1v) is 11.0. The quantitative estimate of drug-likeness (QED) is 0.741. The van der Waals surface area contributed by atoms with E-state index in [4.69, 9.17) is 10.5 Å². The summed E-state index contributed by atoms with van der Waals surface area (Å²) in [5.74, 6) is -0.208. The molecule has 1 saturated carbocycles. The standard InChI is InChI=1S/C19H29N3O4S.ClH/c1-14-11-22(12-15(2)26-14)27(24,25)17-7-5-16(6-8-17)18(23)21-19(13-20)9-3-4-10-19;/h5-8,14-15H,3-4,9-13,20H2,1-2H3,(H,21,23);1H. The van der Waals surface area contributed by atoms with Crippen LogP contribution in [0.1, 0.15) is 49.9 Å². The first-order chi connectivity index (χ1) is 12.8. The van der Waals surface area contributed by atoms with Crippen molar-refractivity contribution in [3.8, 4) is 0 Å². The van der Waals surface area contributed by atoms with Crippen LogP contribution in [-0.4, -0.2) is 56.0 Å². The lowest BCUT2D eigenvalue weighted by Crippen LogP contribution is -2.51. The SMILES string of the molecule is CC1CN(S(=O)(=O)c2ccc(C(=O)NC3(CN)CCCC3)cc2)CC(C)O1.Cl. The average molecular weight is 432 g/mol. The van der Waals surface area contributed by atoms with Crippen molar-refractivity contribution < 1.29 is 17.9 Å². The van der Waals surface area contributed by atoms with Crippen LogP contribution in [0.4, 0.5) is 0 Å². The molecule has 1 aromatic rings. The van der Waals surface area contributed by atoms with E-state index in [-0.39, 0.29) is 41.0 Å². The fourth-order valence-electron chi connectivity index (χ4n) is 4.00. The first kappa shape index (κ1) is 23.1. The molecule has 2 unspecified atom stereocenters. The molecule has 2 aliphatic rings. The van der Waals surface area contributed by atoms with Crippen LogP contribution in [-0.2, 0) is 14.8 Å². The molecule has 3 N–H and O–H groups in total. The number of nitrogens with two attached hydrogens (primary N) is 1. The Morgan fingerprint density at radius 2 is 1.71 bits per heavy atom. The van der Waals surface area contributed by atoms with E-state index in [1.807, 2.05) is 13.8 Å². The van der Waals surface area contributed by atoms with E-state index >= 15 is 0 Å². The fraction of sp³-hybridized carbons (Fsp3) is 0.632. The zero-order chi connectivity index (χ0) is 19.7. The zero-order valence-corrected chi connectivity index (χ0v) is 18.0. The van der Waals surface area contributed by atoms with E-state index in [2.05, 4.69) is 5.32 Å². The van der Waals surface area contributed by atoms with Crippen LogP contribution in [0.5, 0.6) is 0 Å². The van der Waals surface area contributed by atoms with E-state index < -0.39 is 10.0 Å². The monoisotopic (exact) mass is 431 g/mol. The van der Waals surface area contributed by atoms with E-state index in [1.165, 1.54) is 16.4 Å². The third kappa shape index (κ3) is 4.86. The number of halogens is 1. The number of nitrogens with one attached hydrogen (secondary N) is 1. The number of hydrogen-bond donors (Lipinski definition) is 2. The lowest BCUT2D eigenvalue weighted by Gasteiger charge is -2.34. The van der Waals surface area contributed by atoms with Gasteiger partial charge in [0.25, 0.3) is 5.91 Å². The predicted octanol–water partition coefficient (Wildman–Crippen LogP) is 1.91. The Morgan fingerprint density at radius 3 is 2.21 bits per heavy atom. The van der Waals surface area contributed by atoms with Crippen LogP contribution in [0.25, 0.3) is 0 Å². The van der Waals surface area contributed by atoms with Gasteiger partial charge < -0.3 is 15.8 Å². The minimum atomic E-state index is -3.61. The summed E-state index contributed by atoms with van der Waals surface area (Å²) in [5.41, 5.74) is 5.98. The number of morpholine rings is 1. The van der Waals surface area contributed by atoms with Gasteiger partial charge in [-0.2, -0.15) is 4.31 Å². The van der Waals surface area contributed by atoms with E-state index in [9.17, 15) is 13.2 Å². The maximum absolute atomic E-state index is 12.9. The van der Waals surface area contributed by atoms with Crippen molar-refractivity contribution in [2.45, 2.75) is 62.2 Å². The van der Waals surface area contributed by atoms with Gasteiger partial charge in [-0.05, 0) is 51.0 Å². The normalized spacial score (nSPS) is 25.1. The Morgan fingerprint density at radius 1 is 1.18 bits per heavy atom. The molecule has 0 bridgehead atoms. The van der Waals surface area contributed by atoms with Crippen molar-refractivity contribution in [1.82, 2.24) is 9.62 Å². The lowest BCUT2D eigenvalue weighted by atomic mass is 9.97. The van der Waals surface area contributed by atoms with Gasteiger partial charge in [-0.25, -0.2) is 8.42 Å². The number of rotatable bonds is 5. The summed E-state index contributed by atoms with van der Waals surface area (Å²) < 4.78 is 32.8. The van der Waals surface area contributed by atoms with Crippen LogP contribution in [0.2, 0.25) is 0 Å². The van der Waals surface area contributed by atoms with Crippen molar-refractivity contribution >= 4 is 28.3 Å². The summed E-state index contributed by atoms with van der Waals surface area (Å²) in [6.45, 7) is 4.80. The molecule has 2 fully saturated rings. The van der Waals surface area contributed by atoms with Crippen LogP contribution in [0.15, 0.2) is 29.2 Å². The number of nitrogens with zero attached hydrogens (tertiary/aromatic N) is 1. The highest BCUT2D eigenvalue weighted by atomic mass is 35.5. The van der Waals surface area contributed by atoms with Gasteiger partial charge in [-0.3, -0.25) is 4.79 Å². The number of benzene rings is 1. The number of ether oxygens (including phenoxy) is 1. The van der Waals surface area contributed by atoms with Gasteiger partial charge in [0.05, 0.1) is 22.6 Å². The third-order valence-electron chi connectivity index (χ3n) is 5.47. The molecule has 28 heavy (non-hydrogen) atoms. The van der Waals surface area contributed by atoms with E-state index in [1.54, 1.807) is 12.1 Å². The molecule has 0 radical (unpaired) electrons. The number of carbonyl (C=O) groups excluding carboxylic acids is 1. The van der Waals surface area contributed by atoms with Gasteiger partial charge >= 0.3 is 0 Å². The summed E-state index contributed by atoms with van der Waals surface area (Å²) >= 11 is 0. The maximum atomic E-state index is 12.9. The van der Waals surface area contributed by atoms with Crippen molar-refractivity contribution in [1.29, 1.82) is 0 Å². The summed E-state index contributed by atoms with van der Waals surface area (Å²) in [5, 5.41) is 3.05. The first-order valence-electron chi connectivity index (χ1n) is 9.54. The van der Waals surface area contributed by atoms with Crippen LogP contribution < -0.4 is 11.1 Å². The minimum absolute atomic E-state index is 0. The topological polar surface area (TPSA) is 102 Å². The number of carbonyl (C=O) groups is 1. The number of amides is 1. The molecule has 7 nitrogen and oxygen atoms in total. The Bertz CT molecular complexity index is 769. The second-order valence-corrected chi connectivity index (χ2v) is 9.69. The summed E-state index contributed by atoms with van der Waals surface area (Å²) in [6.07, 6.45) is 3.60. The minimum Gasteiger partial charge on any atom is -0.373 e. The largest absolute Gasteiger partial charge is 0.373 e.